The van der Waals surface area contributed by atoms with Gasteiger partial charge >= 0.3 is 11.7 Å². The van der Waals surface area contributed by atoms with E-state index in [-0.39, 0.29) is 25.6 Å². The van der Waals surface area contributed by atoms with Gasteiger partial charge in [0, 0.05) is 29.9 Å². The van der Waals surface area contributed by atoms with Gasteiger partial charge in [-0.1, -0.05) is 30.3 Å². The smallest absolute Gasteiger partial charge is 0.351 e. The van der Waals surface area contributed by atoms with Crippen molar-refractivity contribution in [2.45, 2.75) is 26.3 Å². The molecule has 0 saturated carbocycles. The van der Waals surface area contributed by atoms with Crippen LogP contribution < -0.4 is 21.3 Å². The Kier molecular flexibility index (Phi) is 8.72. The zero-order valence-electron chi connectivity index (χ0n) is 22.3. The first-order valence-electron chi connectivity index (χ1n) is 12.5. The minimum absolute atomic E-state index is 0.0879. The Hall–Kier alpha value is -4.51. The van der Waals surface area contributed by atoms with Gasteiger partial charge in [0.25, 0.3) is 5.91 Å². The number of carbonyl (C=O) groups excluding carboxylic acids is 2. The third-order valence-electron chi connectivity index (χ3n) is 6.43. The number of rotatable bonds is 10. The zero-order valence-corrected chi connectivity index (χ0v) is 22.3. The second kappa shape index (κ2) is 12.4. The highest BCUT2D eigenvalue weighted by atomic mass is 16.5. The summed E-state index contributed by atoms with van der Waals surface area (Å²) >= 11 is 0. The maximum Gasteiger partial charge on any atom is 0.351 e. The molecule has 1 aromatic heterocycles. The van der Waals surface area contributed by atoms with Crippen molar-refractivity contribution in [2.75, 3.05) is 32.9 Å². The number of aromatic nitrogens is 2. The molecule has 204 valence electrons. The number of esters is 1. The lowest BCUT2D eigenvalue weighted by molar-refractivity contribution is -0.146. The molecule has 0 saturated heterocycles. The highest BCUT2D eigenvalue weighted by molar-refractivity contribution is 6.05. The first-order valence-corrected chi connectivity index (χ1v) is 12.5. The fourth-order valence-electron chi connectivity index (χ4n) is 4.58. The molecule has 2 unspecified atom stereocenters. The minimum atomic E-state index is -0.770. The van der Waals surface area contributed by atoms with Crippen LogP contribution in [-0.4, -0.2) is 54.6 Å². The number of fused-ring (bicyclic) bond motifs is 1. The normalized spacial score (nSPS) is 16.1. The second-order valence-corrected chi connectivity index (χ2v) is 8.80. The van der Waals surface area contributed by atoms with Crippen molar-refractivity contribution in [2.24, 2.45) is 10.9 Å². The number of methoxy groups -OCH3 is 2. The van der Waals surface area contributed by atoms with Crippen molar-refractivity contribution < 1.29 is 23.8 Å². The van der Waals surface area contributed by atoms with E-state index < -0.39 is 29.4 Å². The largest absolute Gasteiger partial charge is 0.497 e. The van der Waals surface area contributed by atoms with Crippen LogP contribution in [0.15, 0.2) is 64.4 Å². The monoisotopic (exact) mass is 533 g/mol. The minimum Gasteiger partial charge on any atom is -0.497 e. The highest BCUT2D eigenvalue weighted by Crippen LogP contribution is 2.45. The summed E-state index contributed by atoms with van der Waals surface area (Å²) in [6.45, 7) is 4.13. The fourth-order valence-corrected chi connectivity index (χ4v) is 4.58. The zero-order chi connectivity index (χ0) is 27.9. The van der Waals surface area contributed by atoms with Crippen molar-refractivity contribution in [3.8, 4) is 5.75 Å². The molecule has 1 amide bonds. The Morgan fingerprint density at radius 2 is 1.77 bits per heavy atom. The molecule has 0 radical (unpaired) electrons. The molecule has 11 heteroatoms. The van der Waals surface area contributed by atoms with E-state index in [9.17, 15) is 14.4 Å². The van der Waals surface area contributed by atoms with E-state index in [0.29, 0.717) is 28.4 Å². The number of hydrogen-bond acceptors (Lipinski definition) is 9. The second-order valence-electron chi connectivity index (χ2n) is 8.80. The van der Waals surface area contributed by atoms with Crippen LogP contribution in [-0.2, 0) is 20.8 Å². The van der Waals surface area contributed by atoms with Crippen LogP contribution in [0.4, 0.5) is 11.6 Å². The molecule has 39 heavy (non-hydrogen) atoms. The van der Waals surface area contributed by atoms with E-state index in [1.165, 1.54) is 18.8 Å². The molecule has 1 aliphatic rings. The number of amides is 1. The average Bonchev–Trinajstić information content (AvgIpc) is 2.95. The standard InChI is InChI=1S/C28H31N5O6/c1-5-39-27(35)21-17(2)29-25-23(22(21)18-9-7-6-8-10-18)24(30-28(36)33(25)15-16-37-3)31-32-26(34)19-11-13-20(38-4)14-12-19/h6-14,21-22H,5,15-16H2,1-4H3,(H,32,34)(H,30,31,36). The number of nitrogens with zero attached hydrogens (tertiary/aromatic N) is 3. The summed E-state index contributed by atoms with van der Waals surface area (Å²) in [6, 6.07) is 15.9. The molecule has 0 fully saturated rings. The summed E-state index contributed by atoms with van der Waals surface area (Å²) in [4.78, 5) is 48.2. The van der Waals surface area contributed by atoms with E-state index >= 15 is 0 Å². The quantitative estimate of drug-likeness (QED) is 0.300. The van der Waals surface area contributed by atoms with Gasteiger partial charge in [-0.15, -0.1) is 0 Å². The lowest BCUT2D eigenvalue weighted by atomic mass is 9.76. The lowest BCUT2D eigenvalue weighted by Crippen LogP contribution is -2.39. The molecule has 0 aliphatic carbocycles. The van der Waals surface area contributed by atoms with Gasteiger partial charge < -0.3 is 14.2 Å². The SMILES string of the molecule is CCOC(=O)C1C(C)=Nc2c(c(NNC(=O)c3ccc(OC)cc3)nc(=O)n2CCOC)C1c1ccccc1. The Morgan fingerprint density at radius 1 is 1.05 bits per heavy atom. The summed E-state index contributed by atoms with van der Waals surface area (Å²) in [7, 11) is 3.07. The Morgan fingerprint density at radius 3 is 2.41 bits per heavy atom. The van der Waals surface area contributed by atoms with Crippen LogP contribution in [0.2, 0.25) is 0 Å². The van der Waals surface area contributed by atoms with Crippen molar-refractivity contribution in [3.05, 3.63) is 81.8 Å². The third kappa shape index (κ3) is 5.83. The number of ether oxygens (including phenoxy) is 3. The number of aliphatic imine (C=N–C) groups is 1. The van der Waals surface area contributed by atoms with Gasteiger partial charge in [-0.3, -0.25) is 25.0 Å². The Balaban J connectivity index is 1.84. The van der Waals surface area contributed by atoms with Crippen molar-refractivity contribution in [1.29, 1.82) is 0 Å². The van der Waals surface area contributed by atoms with Gasteiger partial charge in [0.1, 0.15) is 17.5 Å². The summed E-state index contributed by atoms with van der Waals surface area (Å²) < 4.78 is 17.2. The van der Waals surface area contributed by atoms with E-state index in [1.807, 2.05) is 30.3 Å². The van der Waals surface area contributed by atoms with Crippen LogP contribution in [0.1, 0.15) is 41.3 Å². The molecule has 2 heterocycles. The van der Waals surface area contributed by atoms with Crippen molar-refractivity contribution >= 4 is 29.2 Å². The fraction of sp³-hybridized carbons (Fsp3) is 0.321. The number of benzene rings is 2. The van der Waals surface area contributed by atoms with Gasteiger partial charge in [-0.25, -0.2) is 9.79 Å². The Labute approximate surface area is 225 Å². The molecule has 2 aromatic carbocycles. The molecule has 2 atom stereocenters. The molecular formula is C28H31N5O6. The van der Waals surface area contributed by atoms with Crippen LogP contribution >= 0.6 is 0 Å². The summed E-state index contributed by atoms with van der Waals surface area (Å²) in [6.07, 6.45) is 0. The van der Waals surface area contributed by atoms with E-state index in [0.717, 1.165) is 5.56 Å². The molecular weight excluding hydrogens is 502 g/mol. The van der Waals surface area contributed by atoms with Crippen LogP contribution in [0.3, 0.4) is 0 Å². The number of hydrazine groups is 1. The summed E-state index contributed by atoms with van der Waals surface area (Å²) in [5.41, 5.74) is 7.01. The number of nitrogens with one attached hydrogen (secondary N) is 2. The molecule has 0 spiro atoms. The summed E-state index contributed by atoms with van der Waals surface area (Å²) in [5.74, 6) is -1.23. The predicted octanol–water partition coefficient (Wildman–Crippen LogP) is 3.07. The first kappa shape index (κ1) is 27.5. The highest BCUT2D eigenvalue weighted by Gasteiger charge is 2.42. The van der Waals surface area contributed by atoms with Crippen molar-refractivity contribution in [3.63, 3.8) is 0 Å². The van der Waals surface area contributed by atoms with E-state index in [4.69, 9.17) is 19.2 Å². The van der Waals surface area contributed by atoms with Gasteiger partial charge in [0.2, 0.25) is 0 Å². The Bertz CT molecular complexity index is 1420. The van der Waals surface area contributed by atoms with Crippen molar-refractivity contribution in [1.82, 2.24) is 15.0 Å². The maximum atomic E-state index is 13.2. The molecule has 11 nitrogen and oxygen atoms in total. The molecule has 2 N–H and O–H groups in total. The van der Waals surface area contributed by atoms with Gasteiger partial charge in [0.05, 0.1) is 26.9 Å². The van der Waals surface area contributed by atoms with Crippen LogP contribution in [0.25, 0.3) is 0 Å². The third-order valence-corrected chi connectivity index (χ3v) is 6.43. The summed E-state index contributed by atoms with van der Waals surface area (Å²) in [5, 5.41) is 0. The average molecular weight is 534 g/mol. The first-order chi connectivity index (χ1) is 18.9. The van der Waals surface area contributed by atoms with Gasteiger partial charge in [0.15, 0.2) is 5.82 Å². The number of anilines is 1. The molecule has 1 aliphatic heterocycles. The topological polar surface area (TPSA) is 133 Å². The van der Waals surface area contributed by atoms with Gasteiger partial charge in [-0.05, 0) is 43.7 Å². The number of carbonyl (C=O) groups is 2. The molecule has 0 bridgehead atoms. The molecule has 4 rings (SSSR count). The van der Waals surface area contributed by atoms with Crippen LogP contribution in [0, 0.1) is 5.92 Å². The van der Waals surface area contributed by atoms with E-state index in [1.54, 1.807) is 38.1 Å². The predicted molar refractivity (Wildman–Crippen MR) is 146 cm³/mol. The maximum absolute atomic E-state index is 13.2. The van der Waals surface area contributed by atoms with Crippen LogP contribution in [0.5, 0.6) is 5.75 Å². The number of hydrogen-bond donors (Lipinski definition) is 2. The molecule has 3 aromatic rings. The van der Waals surface area contributed by atoms with E-state index in [2.05, 4.69) is 15.8 Å². The van der Waals surface area contributed by atoms with Gasteiger partial charge in [-0.2, -0.15) is 4.98 Å². The lowest BCUT2D eigenvalue weighted by Gasteiger charge is -2.33.